The fourth-order valence-electron chi connectivity index (χ4n) is 0.543. The van der Waals surface area contributed by atoms with Crippen LogP contribution in [0.3, 0.4) is 0 Å². The minimum absolute atomic E-state index is 0. The third-order valence-corrected chi connectivity index (χ3v) is 2.88. The van der Waals surface area contributed by atoms with Gasteiger partial charge in [-0.25, -0.2) is 6.07 Å². The monoisotopic (exact) mass is 292 g/mol. The Morgan fingerprint density at radius 2 is 1.90 bits per heavy atom. The van der Waals surface area contributed by atoms with Gasteiger partial charge in [-0.1, -0.05) is 22.9 Å². The van der Waals surface area contributed by atoms with Crippen molar-refractivity contribution in [2.45, 2.75) is 13.8 Å². The molecule has 0 fully saturated rings. The van der Waals surface area contributed by atoms with Gasteiger partial charge >= 0.3 is 23.1 Å². The van der Waals surface area contributed by atoms with Gasteiger partial charge in [0.1, 0.15) is 0 Å². The normalized spacial score (nSPS) is 7.90. The average molecular weight is 294 g/mol. The van der Waals surface area contributed by atoms with Gasteiger partial charge in [0.15, 0.2) is 0 Å². The van der Waals surface area contributed by atoms with Crippen molar-refractivity contribution >= 4 is 50.3 Å². The molecule has 4 heteroatoms. The van der Waals surface area contributed by atoms with Gasteiger partial charge in [-0.15, -0.1) is 14.2 Å². The summed E-state index contributed by atoms with van der Waals surface area (Å²) in [4.78, 5) is 2.55. The van der Waals surface area contributed by atoms with E-state index in [0.717, 1.165) is 4.47 Å². The molecule has 0 radical (unpaired) electrons. The van der Waals surface area contributed by atoms with E-state index in [0.29, 0.717) is 0 Å². The summed E-state index contributed by atoms with van der Waals surface area (Å²) in [5.41, 5.74) is 0. The second-order valence-electron chi connectivity index (χ2n) is 1.65. The molecular formula is C6H6Br2MgS. The molecular weight excluding hydrogens is 288 g/mol. The maximum Gasteiger partial charge on any atom is 2.00 e. The Kier molecular flexibility index (Phi) is 8.39. The van der Waals surface area contributed by atoms with E-state index in [1.54, 1.807) is 11.3 Å². The topological polar surface area (TPSA) is 0 Å². The average Bonchev–Trinajstić information content (AvgIpc) is 1.85. The molecule has 1 aromatic rings. The molecule has 0 aliphatic rings. The van der Waals surface area contributed by atoms with Gasteiger partial charge in [0.05, 0.1) is 0 Å². The van der Waals surface area contributed by atoms with Crippen molar-refractivity contribution in [3.63, 3.8) is 0 Å². The first-order valence-electron chi connectivity index (χ1n) is 2.35. The summed E-state index contributed by atoms with van der Waals surface area (Å²) in [6.45, 7) is 4.14. The second-order valence-corrected chi connectivity index (χ2v) is 3.88. The van der Waals surface area contributed by atoms with E-state index < -0.39 is 0 Å². The number of hydrogen-bond acceptors (Lipinski definition) is 1. The van der Waals surface area contributed by atoms with E-state index in [1.165, 1.54) is 9.75 Å². The molecule has 10 heavy (non-hydrogen) atoms. The predicted molar refractivity (Wildman–Crippen MR) is 46.1 cm³/mol. The number of aryl methyl sites for hydroxylation is 2. The molecule has 0 saturated carbocycles. The second kappa shape index (κ2) is 6.00. The zero-order valence-corrected chi connectivity index (χ0v) is 11.3. The van der Waals surface area contributed by atoms with Crippen LogP contribution in [0.4, 0.5) is 0 Å². The number of rotatable bonds is 0. The first-order valence-corrected chi connectivity index (χ1v) is 3.96. The van der Waals surface area contributed by atoms with Crippen LogP contribution in [0.5, 0.6) is 0 Å². The van der Waals surface area contributed by atoms with E-state index in [1.807, 2.05) is 0 Å². The number of halogens is 2. The Morgan fingerprint density at radius 3 is 2.00 bits per heavy atom. The first kappa shape index (κ1) is 14.0. The summed E-state index contributed by atoms with van der Waals surface area (Å²) in [5, 5.41) is 0. The van der Waals surface area contributed by atoms with Crippen molar-refractivity contribution in [1.82, 2.24) is 0 Å². The Morgan fingerprint density at radius 1 is 1.40 bits per heavy atom. The molecule has 0 aromatic carbocycles. The molecule has 0 nitrogen and oxygen atoms in total. The fourth-order valence-corrected chi connectivity index (χ4v) is 1.97. The van der Waals surface area contributed by atoms with Crippen LogP contribution in [0.1, 0.15) is 9.75 Å². The summed E-state index contributed by atoms with van der Waals surface area (Å²) in [5.74, 6) is 0. The minimum Gasteiger partial charge on any atom is -1.00 e. The van der Waals surface area contributed by atoms with Gasteiger partial charge in [0, 0.05) is 0 Å². The smallest absolute Gasteiger partial charge is 1.00 e. The Balaban J connectivity index is 0. The van der Waals surface area contributed by atoms with E-state index in [2.05, 4.69) is 35.8 Å². The molecule has 0 spiro atoms. The van der Waals surface area contributed by atoms with Gasteiger partial charge in [-0.2, -0.15) is 0 Å². The van der Waals surface area contributed by atoms with Crippen molar-refractivity contribution in [1.29, 1.82) is 0 Å². The molecule has 0 bridgehead atoms. The molecule has 0 amide bonds. The molecule has 1 heterocycles. The molecule has 1 rings (SSSR count). The van der Waals surface area contributed by atoms with Gasteiger partial charge < -0.3 is 17.0 Å². The molecule has 0 unspecified atom stereocenters. The van der Waals surface area contributed by atoms with E-state index in [4.69, 9.17) is 0 Å². The maximum absolute atomic E-state index is 3.37. The van der Waals surface area contributed by atoms with Crippen LogP contribution in [0.25, 0.3) is 0 Å². The van der Waals surface area contributed by atoms with Crippen LogP contribution in [0.15, 0.2) is 4.47 Å². The fraction of sp³-hybridized carbons (Fsp3) is 0.333. The van der Waals surface area contributed by atoms with Gasteiger partial charge in [0.25, 0.3) is 0 Å². The minimum atomic E-state index is 0. The summed E-state index contributed by atoms with van der Waals surface area (Å²) in [6, 6.07) is 3.14. The summed E-state index contributed by atoms with van der Waals surface area (Å²) >= 11 is 5.14. The van der Waals surface area contributed by atoms with Crippen LogP contribution in [-0.2, 0) is 0 Å². The van der Waals surface area contributed by atoms with Gasteiger partial charge in [0.2, 0.25) is 0 Å². The molecule has 0 saturated heterocycles. The van der Waals surface area contributed by atoms with Crippen LogP contribution in [0.2, 0.25) is 0 Å². The summed E-state index contributed by atoms with van der Waals surface area (Å²) in [6.07, 6.45) is 0. The van der Waals surface area contributed by atoms with E-state index >= 15 is 0 Å². The first-order chi connectivity index (χ1) is 3.70. The zero-order chi connectivity index (χ0) is 6.15. The Labute approximate surface area is 100 Å². The van der Waals surface area contributed by atoms with E-state index in [9.17, 15) is 0 Å². The molecule has 0 aliphatic heterocycles. The van der Waals surface area contributed by atoms with E-state index in [-0.39, 0.29) is 40.0 Å². The molecule has 0 aliphatic carbocycles. The SMILES string of the molecule is Cc1[c-]c(Br)c(C)s1.[Br-].[Mg+2]. The summed E-state index contributed by atoms with van der Waals surface area (Å²) in [7, 11) is 0. The zero-order valence-electron chi connectivity index (χ0n) is 5.87. The largest absolute Gasteiger partial charge is 2.00 e. The van der Waals surface area contributed by atoms with Crippen LogP contribution >= 0.6 is 27.3 Å². The predicted octanol–water partition coefficient (Wildman–Crippen LogP) is -0.449. The van der Waals surface area contributed by atoms with Crippen LogP contribution in [-0.4, -0.2) is 23.1 Å². The standard InChI is InChI=1S/C6H6BrS.BrH.Mg/c1-4-3-6(7)5(2)8-4;;/h1-2H3;1H;/q-1;;+2/p-1. The third kappa shape index (κ3) is 3.71. The van der Waals surface area contributed by atoms with Gasteiger partial charge in [-0.3, -0.25) is 11.3 Å². The number of hydrogen-bond donors (Lipinski definition) is 0. The summed E-state index contributed by atoms with van der Waals surface area (Å²) < 4.78 is 1.11. The molecule has 1 aromatic heterocycles. The maximum atomic E-state index is 3.37. The van der Waals surface area contributed by atoms with Crippen molar-refractivity contribution < 1.29 is 17.0 Å². The van der Waals surface area contributed by atoms with Crippen LogP contribution < -0.4 is 17.0 Å². The van der Waals surface area contributed by atoms with Crippen molar-refractivity contribution in [3.05, 3.63) is 20.3 Å². The van der Waals surface area contributed by atoms with Crippen LogP contribution in [0, 0.1) is 19.9 Å². The number of thiophene rings is 1. The molecule has 0 N–H and O–H groups in total. The van der Waals surface area contributed by atoms with Crippen molar-refractivity contribution in [3.8, 4) is 0 Å². The molecule has 0 atom stereocenters. The van der Waals surface area contributed by atoms with Gasteiger partial charge in [-0.05, 0) is 6.92 Å². The quantitative estimate of drug-likeness (QED) is 0.449. The molecule has 52 valence electrons. The Bertz CT molecular complexity index is 178. The van der Waals surface area contributed by atoms with Crippen molar-refractivity contribution in [2.75, 3.05) is 0 Å². The van der Waals surface area contributed by atoms with Crippen molar-refractivity contribution in [2.24, 2.45) is 0 Å². The third-order valence-electron chi connectivity index (χ3n) is 0.901. The Hall–Kier alpha value is 1.43.